The van der Waals surface area contributed by atoms with Crippen LogP contribution in [-0.4, -0.2) is 17.1 Å². The lowest BCUT2D eigenvalue weighted by molar-refractivity contribution is -0.119. The van der Waals surface area contributed by atoms with E-state index in [2.05, 4.69) is 5.32 Å². The first-order valence-electron chi connectivity index (χ1n) is 6.01. The first-order chi connectivity index (χ1) is 8.42. The molecule has 2 rings (SSSR count). The van der Waals surface area contributed by atoms with Crippen LogP contribution in [-0.2, 0) is 4.79 Å². The molecular weight excluding hydrogens is 226 g/mol. The standard InChI is InChI=1S/C15H17NO2/c1-10-9-12(17)13(15(2,3)16-10)14(18)11-7-5-4-6-8-11/h4-9,13,16H,1-3H3/t13-/m0/s1. The van der Waals surface area contributed by atoms with E-state index in [4.69, 9.17) is 0 Å². The first kappa shape index (κ1) is 12.6. The monoisotopic (exact) mass is 243 g/mol. The highest BCUT2D eigenvalue weighted by molar-refractivity contribution is 6.15. The molecule has 0 spiro atoms. The molecule has 1 aromatic rings. The smallest absolute Gasteiger partial charge is 0.176 e. The molecule has 0 fully saturated rings. The molecule has 0 aromatic heterocycles. The van der Waals surface area contributed by atoms with Gasteiger partial charge in [0.2, 0.25) is 0 Å². The van der Waals surface area contributed by atoms with Crippen molar-refractivity contribution in [1.82, 2.24) is 5.32 Å². The van der Waals surface area contributed by atoms with E-state index in [1.54, 1.807) is 12.1 Å². The van der Waals surface area contributed by atoms with Crippen LogP contribution < -0.4 is 5.32 Å². The maximum Gasteiger partial charge on any atom is 0.176 e. The van der Waals surface area contributed by atoms with Crippen LogP contribution in [0.1, 0.15) is 31.1 Å². The summed E-state index contributed by atoms with van der Waals surface area (Å²) in [5.74, 6) is -0.907. The first-order valence-corrected chi connectivity index (χ1v) is 6.01. The summed E-state index contributed by atoms with van der Waals surface area (Å²) in [6.07, 6.45) is 1.51. The molecule has 0 aliphatic carbocycles. The molecule has 3 heteroatoms. The minimum absolute atomic E-state index is 0.120. The summed E-state index contributed by atoms with van der Waals surface area (Å²) in [6, 6.07) is 8.96. The molecule has 0 saturated carbocycles. The molecule has 0 radical (unpaired) electrons. The minimum Gasteiger partial charge on any atom is -0.382 e. The molecule has 0 bridgehead atoms. The summed E-state index contributed by atoms with van der Waals surface area (Å²) >= 11 is 0. The fraction of sp³-hybridized carbons (Fsp3) is 0.333. The lowest BCUT2D eigenvalue weighted by atomic mass is 9.76. The van der Waals surface area contributed by atoms with Gasteiger partial charge in [0.1, 0.15) is 5.92 Å². The van der Waals surface area contributed by atoms with Gasteiger partial charge in [-0.25, -0.2) is 0 Å². The lowest BCUT2D eigenvalue weighted by Gasteiger charge is -2.37. The van der Waals surface area contributed by atoms with E-state index >= 15 is 0 Å². The average Bonchev–Trinajstić information content (AvgIpc) is 2.27. The average molecular weight is 243 g/mol. The molecule has 0 unspecified atom stereocenters. The largest absolute Gasteiger partial charge is 0.382 e. The molecule has 1 heterocycles. The van der Waals surface area contributed by atoms with Crippen LogP contribution in [0.3, 0.4) is 0 Å². The van der Waals surface area contributed by atoms with E-state index < -0.39 is 11.5 Å². The molecule has 18 heavy (non-hydrogen) atoms. The van der Waals surface area contributed by atoms with Gasteiger partial charge in [-0.1, -0.05) is 30.3 Å². The predicted octanol–water partition coefficient (Wildman–Crippen LogP) is 2.34. The van der Waals surface area contributed by atoms with Crippen LogP contribution in [0.25, 0.3) is 0 Å². The number of rotatable bonds is 2. The molecule has 1 aliphatic heterocycles. The van der Waals surface area contributed by atoms with Gasteiger partial charge in [-0.15, -0.1) is 0 Å². The Kier molecular flexibility index (Phi) is 3.07. The molecule has 0 amide bonds. The summed E-state index contributed by atoms with van der Waals surface area (Å²) in [4.78, 5) is 24.5. The van der Waals surface area contributed by atoms with Crippen LogP contribution in [0.5, 0.6) is 0 Å². The quantitative estimate of drug-likeness (QED) is 0.640. The van der Waals surface area contributed by atoms with Gasteiger partial charge in [-0.3, -0.25) is 9.59 Å². The Morgan fingerprint density at radius 2 is 1.83 bits per heavy atom. The molecule has 0 saturated heterocycles. The van der Waals surface area contributed by atoms with Crippen LogP contribution in [0.4, 0.5) is 0 Å². The Morgan fingerprint density at radius 3 is 2.39 bits per heavy atom. The maximum absolute atomic E-state index is 12.4. The zero-order valence-corrected chi connectivity index (χ0v) is 10.9. The van der Waals surface area contributed by atoms with Gasteiger partial charge in [0.15, 0.2) is 11.6 Å². The second-order valence-electron chi connectivity index (χ2n) is 5.24. The van der Waals surface area contributed by atoms with Gasteiger partial charge in [0, 0.05) is 22.9 Å². The minimum atomic E-state index is -0.663. The third kappa shape index (κ3) is 2.21. The zero-order valence-electron chi connectivity index (χ0n) is 10.9. The zero-order chi connectivity index (χ0) is 13.3. The third-order valence-corrected chi connectivity index (χ3v) is 3.20. The molecule has 3 nitrogen and oxygen atoms in total. The summed E-state index contributed by atoms with van der Waals surface area (Å²) < 4.78 is 0. The number of carbonyl (C=O) groups excluding carboxylic acids is 2. The number of Topliss-reactive ketones (excluding diaryl/α,β-unsaturated/α-hetero) is 1. The second-order valence-corrected chi connectivity index (χ2v) is 5.24. The number of ketones is 2. The Bertz CT molecular complexity index is 515. The van der Waals surface area contributed by atoms with Crippen molar-refractivity contribution < 1.29 is 9.59 Å². The van der Waals surface area contributed by atoms with E-state index in [1.165, 1.54) is 6.08 Å². The number of benzene rings is 1. The molecule has 1 aromatic carbocycles. The summed E-state index contributed by atoms with van der Waals surface area (Å²) in [7, 11) is 0. The Labute approximate surface area is 107 Å². The Balaban J connectivity index is 2.38. The van der Waals surface area contributed by atoms with Crippen LogP contribution in [0.15, 0.2) is 42.1 Å². The van der Waals surface area contributed by atoms with Crippen molar-refractivity contribution in [2.45, 2.75) is 26.3 Å². The number of hydrogen-bond donors (Lipinski definition) is 1. The van der Waals surface area contributed by atoms with Crippen molar-refractivity contribution in [2.75, 3.05) is 0 Å². The highest BCUT2D eigenvalue weighted by atomic mass is 16.2. The SMILES string of the molecule is CC1=CC(=O)[C@@H](C(=O)c2ccccc2)C(C)(C)N1. The maximum atomic E-state index is 12.4. The second kappa shape index (κ2) is 4.41. The van der Waals surface area contributed by atoms with E-state index in [1.807, 2.05) is 39.0 Å². The van der Waals surface area contributed by atoms with Gasteiger partial charge in [-0.05, 0) is 20.8 Å². The number of nitrogens with one attached hydrogen (secondary N) is 1. The van der Waals surface area contributed by atoms with E-state index in [-0.39, 0.29) is 11.6 Å². The molecule has 1 N–H and O–H groups in total. The van der Waals surface area contributed by atoms with Crippen molar-refractivity contribution in [3.05, 3.63) is 47.7 Å². The van der Waals surface area contributed by atoms with Crippen LogP contribution in [0.2, 0.25) is 0 Å². The van der Waals surface area contributed by atoms with Crippen molar-refractivity contribution in [3.8, 4) is 0 Å². The summed E-state index contributed by atoms with van der Waals surface area (Å²) in [5.41, 5.74) is 0.837. The van der Waals surface area contributed by atoms with Gasteiger partial charge in [0.25, 0.3) is 0 Å². The molecular formula is C15H17NO2. The van der Waals surface area contributed by atoms with Gasteiger partial charge >= 0.3 is 0 Å². The van der Waals surface area contributed by atoms with Gasteiger partial charge in [-0.2, -0.15) is 0 Å². The van der Waals surface area contributed by atoms with Crippen LogP contribution in [0, 0.1) is 5.92 Å². The fourth-order valence-electron chi connectivity index (χ4n) is 2.49. The van der Waals surface area contributed by atoms with Crippen molar-refractivity contribution in [1.29, 1.82) is 0 Å². The molecule has 1 aliphatic rings. The molecule has 94 valence electrons. The van der Waals surface area contributed by atoms with Gasteiger partial charge < -0.3 is 5.32 Å². The van der Waals surface area contributed by atoms with Gasteiger partial charge in [0.05, 0.1) is 0 Å². The lowest BCUT2D eigenvalue weighted by Crippen LogP contribution is -2.54. The highest BCUT2D eigenvalue weighted by Crippen LogP contribution is 2.27. The third-order valence-electron chi connectivity index (χ3n) is 3.20. The fourth-order valence-corrected chi connectivity index (χ4v) is 2.49. The predicted molar refractivity (Wildman–Crippen MR) is 70.2 cm³/mol. The van der Waals surface area contributed by atoms with E-state index in [0.717, 1.165) is 5.70 Å². The van der Waals surface area contributed by atoms with Crippen LogP contribution >= 0.6 is 0 Å². The van der Waals surface area contributed by atoms with Crippen molar-refractivity contribution in [3.63, 3.8) is 0 Å². The van der Waals surface area contributed by atoms with E-state index in [0.29, 0.717) is 5.56 Å². The van der Waals surface area contributed by atoms with Crippen molar-refractivity contribution in [2.24, 2.45) is 5.92 Å². The number of hydrogen-bond acceptors (Lipinski definition) is 3. The number of allylic oxidation sites excluding steroid dienone is 2. The summed E-state index contributed by atoms with van der Waals surface area (Å²) in [5, 5.41) is 3.21. The Hall–Kier alpha value is -1.90. The van der Waals surface area contributed by atoms with E-state index in [9.17, 15) is 9.59 Å². The Morgan fingerprint density at radius 1 is 1.22 bits per heavy atom. The molecule has 1 atom stereocenters. The topological polar surface area (TPSA) is 46.2 Å². The summed E-state index contributed by atoms with van der Waals surface area (Å²) in [6.45, 7) is 5.60. The normalized spacial score (nSPS) is 22.1. The number of carbonyl (C=O) groups is 2. The highest BCUT2D eigenvalue weighted by Gasteiger charge is 2.42. The van der Waals surface area contributed by atoms with Crippen molar-refractivity contribution >= 4 is 11.6 Å².